The normalized spacial score (nSPS) is 10.3. The Morgan fingerprint density at radius 2 is 1.56 bits per heavy atom. The molecule has 0 fully saturated rings. The van der Waals surface area contributed by atoms with Gasteiger partial charge >= 0.3 is 0 Å². The quantitative estimate of drug-likeness (QED) is 0.628. The molecule has 0 N–H and O–H groups in total. The molecule has 1 aromatic heterocycles. The SMILES string of the molecule is CC#Cc1c(C)c(C)c(C)c2nn(C)nc12. The van der Waals surface area contributed by atoms with Crippen molar-refractivity contribution in [2.24, 2.45) is 7.05 Å². The van der Waals surface area contributed by atoms with Crippen molar-refractivity contribution in [1.29, 1.82) is 0 Å². The van der Waals surface area contributed by atoms with Crippen LogP contribution in [0.5, 0.6) is 0 Å². The van der Waals surface area contributed by atoms with E-state index >= 15 is 0 Å². The summed E-state index contributed by atoms with van der Waals surface area (Å²) in [4.78, 5) is 1.61. The summed E-state index contributed by atoms with van der Waals surface area (Å²) in [5, 5.41) is 8.79. The molecule has 0 amide bonds. The summed E-state index contributed by atoms with van der Waals surface area (Å²) >= 11 is 0. The lowest BCUT2D eigenvalue weighted by atomic mass is 9.97. The summed E-state index contributed by atoms with van der Waals surface area (Å²) in [6, 6.07) is 0. The van der Waals surface area contributed by atoms with Gasteiger partial charge in [-0.1, -0.05) is 5.92 Å². The summed E-state index contributed by atoms with van der Waals surface area (Å²) in [5.41, 5.74) is 6.54. The van der Waals surface area contributed by atoms with Crippen LogP contribution in [0.3, 0.4) is 0 Å². The van der Waals surface area contributed by atoms with E-state index in [1.807, 2.05) is 14.0 Å². The molecule has 2 rings (SSSR count). The van der Waals surface area contributed by atoms with Crippen LogP contribution >= 0.6 is 0 Å². The molecular weight excluding hydrogens is 198 g/mol. The Morgan fingerprint density at radius 1 is 0.938 bits per heavy atom. The Labute approximate surface area is 95.5 Å². The topological polar surface area (TPSA) is 30.7 Å². The van der Waals surface area contributed by atoms with Gasteiger partial charge in [0.1, 0.15) is 11.0 Å². The zero-order chi connectivity index (χ0) is 11.9. The number of nitrogens with zero attached hydrogens (tertiary/aromatic N) is 3. The Morgan fingerprint density at radius 3 is 2.19 bits per heavy atom. The molecule has 0 saturated carbocycles. The first-order chi connectivity index (χ1) is 7.56. The molecule has 16 heavy (non-hydrogen) atoms. The van der Waals surface area contributed by atoms with Crippen LogP contribution < -0.4 is 0 Å². The molecule has 0 saturated heterocycles. The molecule has 3 heteroatoms. The Hall–Kier alpha value is -1.82. The second-order valence-electron chi connectivity index (χ2n) is 4.01. The van der Waals surface area contributed by atoms with Crippen molar-refractivity contribution in [3.05, 3.63) is 22.3 Å². The molecular formula is C13H15N3. The van der Waals surface area contributed by atoms with Crippen LogP contribution in [-0.2, 0) is 7.05 Å². The zero-order valence-electron chi connectivity index (χ0n) is 10.3. The Kier molecular flexibility index (Phi) is 2.43. The van der Waals surface area contributed by atoms with Crippen LogP contribution in [0.25, 0.3) is 11.0 Å². The molecule has 0 radical (unpaired) electrons. The predicted molar refractivity (Wildman–Crippen MR) is 65.3 cm³/mol. The molecule has 0 aliphatic heterocycles. The summed E-state index contributed by atoms with van der Waals surface area (Å²) in [6.07, 6.45) is 0. The van der Waals surface area contributed by atoms with Gasteiger partial charge in [-0.3, -0.25) is 0 Å². The third-order valence-electron chi connectivity index (χ3n) is 3.06. The maximum absolute atomic E-state index is 4.40. The van der Waals surface area contributed by atoms with Gasteiger partial charge in [-0.25, -0.2) is 0 Å². The van der Waals surface area contributed by atoms with Gasteiger partial charge in [-0.15, -0.1) is 5.92 Å². The van der Waals surface area contributed by atoms with Crippen molar-refractivity contribution >= 4 is 11.0 Å². The van der Waals surface area contributed by atoms with Gasteiger partial charge in [0.2, 0.25) is 0 Å². The summed E-state index contributed by atoms with van der Waals surface area (Å²) in [5.74, 6) is 6.08. The number of hydrogen-bond acceptors (Lipinski definition) is 2. The van der Waals surface area contributed by atoms with Gasteiger partial charge in [-0.05, 0) is 44.4 Å². The molecule has 0 unspecified atom stereocenters. The highest BCUT2D eigenvalue weighted by Crippen LogP contribution is 2.26. The van der Waals surface area contributed by atoms with Crippen LogP contribution in [0.1, 0.15) is 29.2 Å². The van der Waals surface area contributed by atoms with Crippen molar-refractivity contribution in [2.75, 3.05) is 0 Å². The molecule has 3 nitrogen and oxygen atoms in total. The van der Waals surface area contributed by atoms with E-state index in [9.17, 15) is 0 Å². The monoisotopic (exact) mass is 213 g/mol. The first kappa shape index (κ1) is 10.7. The number of aromatic nitrogens is 3. The number of fused-ring (bicyclic) bond motifs is 1. The third-order valence-corrected chi connectivity index (χ3v) is 3.06. The summed E-state index contributed by atoms with van der Waals surface area (Å²) < 4.78 is 0. The van der Waals surface area contributed by atoms with Crippen LogP contribution in [0.15, 0.2) is 0 Å². The number of benzene rings is 1. The minimum absolute atomic E-state index is 0.914. The highest BCUT2D eigenvalue weighted by Gasteiger charge is 2.14. The third kappa shape index (κ3) is 1.38. The zero-order valence-corrected chi connectivity index (χ0v) is 10.3. The minimum atomic E-state index is 0.914. The fourth-order valence-electron chi connectivity index (χ4n) is 1.93. The van der Waals surface area contributed by atoms with Crippen LogP contribution in [-0.4, -0.2) is 15.0 Å². The van der Waals surface area contributed by atoms with Crippen molar-refractivity contribution < 1.29 is 0 Å². The fraction of sp³-hybridized carbons (Fsp3) is 0.385. The molecule has 0 aliphatic rings. The number of rotatable bonds is 0. The highest BCUT2D eigenvalue weighted by molar-refractivity contribution is 5.86. The van der Waals surface area contributed by atoms with Gasteiger partial charge in [0, 0.05) is 7.05 Å². The molecule has 1 heterocycles. The second kappa shape index (κ2) is 3.64. The van der Waals surface area contributed by atoms with Gasteiger partial charge < -0.3 is 0 Å². The van der Waals surface area contributed by atoms with E-state index in [0.717, 1.165) is 16.6 Å². The fourth-order valence-corrected chi connectivity index (χ4v) is 1.93. The first-order valence-electron chi connectivity index (χ1n) is 5.29. The second-order valence-corrected chi connectivity index (χ2v) is 4.01. The summed E-state index contributed by atoms with van der Waals surface area (Å²) in [6.45, 7) is 8.13. The lowest BCUT2D eigenvalue weighted by molar-refractivity contribution is 0.665. The molecule has 1 aromatic carbocycles. The van der Waals surface area contributed by atoms with Crippen molar-refractivity contribution in [3.63, 3.8) is 0 Å². The van der Waals surface area contributed by atoms with Gasteiger partial charge in [0.15, 0.2) is 0 Å². The maximum Gasteiger partial charge on any atom is 0.129 e. The molecule has 82 valence electrons. The number of hydrogen-bond donors (Lipinski definition) is 0. The lowest BCUT2D eigenvalue weighted by Crippen LogP contribution is -1.94. The van der Waals surface area contributed by atoms with E-state index in [0.29, 0.717) is 0 Å². The summed E-state index contributed by atoms with van der Waals surface area (Å²) in [7, 11) is 1.84. The van der Waals surface area contributed by atoms with E-state index in [-0.39, 0.29) is 0 Å². The molecule has 2 aromatic rings. The smallest absolute Gasteiger partial charge is 0.129 e. The van der Waals surface area contributed by atoms with Gasteiger partial charge in [0.25, 0.3) is 0 Å². The van der Waals surface area contributed by atoms with Crippen LogP contribution in [0, 0.1) is 32.6 Å². The molecule has 0 atom stereocenters. The highest BCUT2D eigenvalue weighted by atomic mass is 15.4. The number of aryl methyl sites for hydroxylation is 2. The van der Waals surface area contributed by atoms with Crippen LogP contribution in [0.2, 0.25) is 0 Å². The average Bonchev–Trinajstić information content (AvgIpc) is 2.63. The van der Waals surface area contributed by atoms with E-state index in [2.05, 4.69) is 42.8 Å². The Bertz CT molecular complexity index is 624. The van der Waals surface area contributed by atoms with Gasteiger partial charge in [-0.2, -0.15) is 15.0 Å². The molecule has 0 bridgehead atoms. The van der Waals surface area contributed by atoms with Crippen molar-refractivity contribution in [3.8, 4) is 11.8 Å². The van der Waals surface area contributed by atoms with E-state index in [1.165, 1.54) is 16.7 Å². The first-order valence-corrected chi connectivity index (χ1v) is 5.29. The maximum atomic E-state index is 4.40. The Balaban J connectivity index is 3.00. The van der Waals surface area contributed by atoms with Crippen molar-refractivity contribution in [1.82, 2.24) is 15.0 Å². The van der Waals surface area contributed by atoms with Crippen molar-refractivity contribution in [2.45, 2.75) is 27.7 Å². The van der Waals surface area contributed by atoms with E-state index in [4.69, 9.17) is 0 Å². The lowest BCUT2D eigenvalue weighted by Gasteiger charge is -2.07. The largest absolute Gasteiger partial charge is 0.187 e. The van der Waals surface area contributed by atoms with E-state index < -0.39 is 0 Å². The predicted octanol–water partition coefficient (Wildman–Crippen LogP) is 2.26. The van der Waals surface area contributed by atoms with Crippen LogP contribution in [0.4, 0.5) is 0 Å². The molecule has 0 spiro atoms. The van der Waals surface area contributed by atoms with Gasteiger partial charge in [0.05, 0.1) is 5.56 Å². The standard InChI is InChI=1S/C13H15N3/c1-6-7-11-9(3)8(2)10(4)12-13(11)15-16(5)14-12/h1-5H3. The molecule has 0 aliphatic carbocycles. The minimum Gasteiger partial charge on any atom is -0.187 e. The average molecular weight is 213 g/mol. The van der Waals surface area contributed by atoms with E-state index in [1.54, 1.807) is 4.80 Å².